The summed E-state index contributed by atoms with van der Waals surface area (Å²) in [6.45, 7) is 3.38. The first-order valence-electron chi connectivity index (χ1n) is 9.78. The van der Waals surface area contributed by atoms with Crippen LogP contribution in [0.3, 0.4) is 0 Å². The summed E-state index contributed by atoms with van der Waals surface area (Å²) in [6.07, 6.45) is 1.36. The van der Waals surface area contributed by atoms with E-state index in [1.54, 1.807) is 17.0 Å². The minimum Gasteiger partial charge on any atom is -0.368 e. The summed E-state index contributed by atoms with van der Waals surface area (Å²) in [5, 5.41) is 10.8. The van der Waals surface area contributed by atoms with E-state index in [-0.39, 0.29) is 12.2 Å². The largest absolute Gasteiger partial charge is 0.368 e. The number of nitro benzene ring substituents is 1. The number of anilines is 1. The molecule has 2 aliphatic heterocycles. The van der Waals surface area contributed by atoms with Gasteiger partial charge in [-0.3, -0.25) is 29.4 Å². The minimum absolute atomic E-state index is 0.00930. The number of carbonyl (C=O) groups excluding carboxylic acids is 4. The zero-order valence-corrected chi connectivity index (χ0v) is 16.7. The van der Waals surface area contributed by atoms with E-state index >= 15 is 0 Å². The molecule has 5 amide bonds. The van der Waals surface area contributed by atoms with Crippen molar-refractivity contribution in [1.29, 1.82) is 0 Å². The van der Waals surface area contributed by atoms with Gasteiger partial charge in [-0.15, -0.1) is 0 Å². The molecule has 11 heteroatoms. The predicted octanol–water partition coefficient (Wildman–Crippen LogP) is 0.834. The van der Waals surface area contributed by atoms with Gasteiger partial charge in [0.25, 0.3) is 5.69 Å². The van der Waals surface area contributed by atoms with Crippen LogP contribution in [0.1, 0.15) is 19.8 Å². The Labute approximate surface area is 173 Å². The van der Waals surface area contributed by atoms with Crippen LogP contribution in [0.25, 0.3) is 0 Å². The molecule has 1 aromatic rings. The van der Waals surface area contributed by atoms with E-state index in [1.165, 1.54) is 12.1 Å². The number of amides is 5. The summed E-state index contributed by atoms with van der Waals surface area (Å²) < 4.78 is 0. The van der Waals surface area contributed by atoms with Gasteiger partial charge in [0.05, 0.1) is 4.92 Å². The Balaban J connectivity index is 1.55. The van der Waals surface area contributed by atoms with Crippen molar-refractivity contribution in [3.63, 3.8) is 0 Å². The summed E-state index contributed by atoms with van der Waals surface area (Å²) in [7, 11) is 0. The molecule has 11 nitrogen and oxygen atoms in total. The highest BCUT2D eigenvalue weighted by Crippen LogP contribution is 2.21. The summed E-state index contributed by atoms with van der Waals surface area (Å²) >= 11 is 0. The number of hydrogen-bond acceptors (Lipinski definition) is 7. The summed E-state index contributed by atoms with van der Waals surface area (Å²) in [4.78, 5) is 64.5. The topological polar surface area (TPSA) is 124 Å². The van der Waals surface area contributed by atoms with Crippen molar-refractivity contribution in [2.24, 2.45) is 0 Å². The molecular formula is C19H23N5O6. The lowest BCUT2D eigenvalue weighted by atomic mass is 10.2. The first-order chi connectivity index (χ1) is 14.3. The maximum absolute atomic E-state index is 12.6. The Morgan fingerprint density at radius 3 is 2.17 bits per heavy atom. The molecule has 0 saturated carbocycles. The van der Waals surface area contributed by atoms with Crippen molar-refractivity contribution >= 4 is 35.1 Å². The highest BCUT2D eigenvalue weighted by molar-refractivity contribution is 6.45. The number of nitro groups is 1. The number of benzene rings is 1. The molecule has 2 heterocycles. The smallest absolute Gasteiger partial charge is 0.334 e. The predicted molar refractivity (Wildman–Crippen MR) is 106 cm³/mol. The summed E-state index contributed by atoms with van der Waals surface area (Å²) in [5.41, 5.74) is 0.824. The number of urea groups is 1. The average Bonchev–Trinajstić information content (AvgIpc) is 2.95. The average molecular weight is 417 g/mol. The van der Waals surface area contributed by atoms with Crippen LogP contribution in [0.15, 0.2) is 24.3 Å². The lowest BCUT2D eigenvalue weighted by molar-refractivity contribution is -0.384. The molecule has 160 valence electrons. The second-order valence-corrected chi connectivity index (χ2v) is 7.13. The number of carbonyl (C=O) groups is 4. The molecule has 2 aliphatic rings. The molecule has 0 unspecified atom stereocenters. The van der Waals surface area contributed by atoms with Gasteiger partial charge in [0.2, 0.25) is 5.91 Å². The number of non-ortho nitro benzene ring substituents is 1. The second kappa shape index (κ2) is 8.89. The van der Waals surface area contributed by atoms with Gasteiger partial charge in [-0.05, 0) is 18.6 Å². The van der Waals surface area contributed by atoms with Crippen LogP contribution in [0.4, 0.5) is 16.2 Å². The molecule has 2 fully saturated rings. The standard InChI is InChI=1S/C19H23N5O6/c1-2-3-8-22-17(26)18(27)23(19(22)28)13-16(25)21-11-9-20(10-12-21)14-4-6-15(7-5-14)24(29)30/h4-7H,2-3,8-13H2,1H3. The minimum atomic E-state index is -0.964. The SMILES string of the molecule is CCCCN1C(=O)C(=O)N(CC(=O)N2CCN(c3ccc([N+](=O)[O-])cc3)CC2)C1=O. The Kier molecular flexibility index (Phi) is 6.28. The van der Waals surface area contributed by atoms with E-state index in [0.717, 1.165) is 17.0 Å². The molecule has 2 saturated heterocycles. The third-order valence-corrected chi connectivity index (χ3v) is 5.22. The summed E-state index contributed by atoms with van der Waals surface area (Å²) in [6, 6.07) is 5.44. The van der Waals surface area contributed by atoms with Crippen LogP contribution < -0.4 is 4.90 Å². The van der Waals surface area contributed by atoms with Crippen molar-refractivity contribution in [1.82, 2.24) is 14.7 Å². The molecule has 0 spiro atoms. The Morgan fingerprint density at radius 1 is 1.00 bits per heavy atom. The summed E-state index contributed by atoms with van der Waals surface area (Å²) in [5.74, 6) is -2.25. The van der Waals surface area contributed by atoms with Gasteiger partial charge in [-0.1, -0.05) is 13.3 Å². The first kappa shape index (κ1) is 21.2. The van der Waals surface area contributed by atoms with Crippen LogP contribution in [0.5, 0.6) is 0 Å². The third kappa shape index (κ3) is 4.24. The van der Waals surface area contributed by atoms with Gasteiger partial charge < -0.3 is 9.80 Å². The quantitative estimate of drug-likeness (QED) is 0.279. The second-order valence-electron chi connectivity index (χ2n) is 7.13. The number of imide groups is 2. The fraction of sp³-hybridized carbons (Fsp3) is 0.474. The molecule has 0 radical (unpaired) electrons. The van der Waals surface area contributed by atoms with Crippen LogP contribution in [-0.4, -0.2) is 82.6 Å². The first-order valence-corrected chi connectivity index (χ1v) is 9.78. The molecule has 0 N–H and O–H groups in total. The van der Waals surface area contributed by atoms with Gasteiger partial charge >= 0.3 is 17.8 Å². The van der Waals surface area contributed by atoms with E-state index in [1.807, 2.05) is 11.8 Å². The van der Waals surface area contributed by atoms with Crippen molar-refractivity contribution in [3.8, 4) is 0 Å². The molecule has 0 aromatic heterocycles. The van der Waals surface area contributed by atoms with Crippen molar-refractivity contribution in [2.75, 3.05) is 44.2 Å². The molecule has 0 atom stereocenters. The van der Waals surface area contributed by atoms with Crippen LogP contribution in [-0.2, 0) is 14.4 Å². The number of hydrogen-bond donors (Lipinski definition) is 0. The van der Waals surface area contributed by atoms with Crippen LogP contribution in [0, 0.1) is 10.1 Å². The Hall–Kier alpha value is -3.50. The molecule has 0 bridgehead atoms. The zero-order chi connectivity index (χ0) is 21.8. The lowest BCUT2D eigenvalue weighted by Gasteiger charge is -2.36. The molecular weight excluding hydrogens is 394 g/mol. The maximum atomic E-state index is 12.6. The van der Waals surface area contributed by atoms with Gasteiger partial charge in [-0.25, -0.2) is 9.69 Å². The lowest BCUT2D eigenvalue weighted by Crippen LogP contribution is -2.52. The van der Waals surface area contributed by atoms with E-state index in [2.05, 4.69) is 0 Å². The molecule has 3 rings (SSSR count). The van der Waals surface area contributed by atoms with Crippen LogP contribution >= 0.6 is 0 Å². The highest BCUT2D eigenvalue weighted by Gasteiger charge is 2.45. The maximum Gasteiger partial charge on any atom is 0.334 e. The number of unbranched alkanes of at least 4 members (excludes halogenated alkanes) is 1. The van der Waals surface area contributed by atoms with Gasteiger partial charge in [-0.2, -0.15) is 0 Å². The third-order valence-electron chi connectivity index (χ3n) is 5.22. The molecule has 0 aliphatic carbocycles. The Bertz CT molecular complexity index is 863. The Morgan fingerprint density at radius 2 is 1.60 bits per heavy atom. The normalized spacial score (nSPS) is 17.2. The molecule has 30 heavy (non-hydrogen) atoms. The van der Waals surface area contributed by atoms with E-state index in [4.69, 9.17) is 0 Å². The van der Waals surface area contributed by atoms with Crippen LogP contribution in [0.2, 0.25) is 0 Å². The van der Waals surface area contributed by atoms with Gasteiger partial charge in [0.1, 0.15) is 6.54 Å². The van der Waals surface area contributed by atoms with E-state index in [0.29, 0.717) is 37.5 Å². The van der Waals surface area contributed by atoms with Crippen molar-refractivity contribution in [2.45, 2.75) is 19.8 Å². The van der Waals surface area contributed by atoms with E-state index in [9.17, 15) is 29.3 Å². The molecule has 1 aromatic carbocycles. The monoisotopic (exact) mass is 417 g/mol. The fourth-order valence-electron chi connectivity index (χ4n) is 3.44. The number of nitrogens with zero attached hydrogens (tertiary/aromatic N) is 5. The highest BCUT2D eigenvalue weighted by atomic mass is 16.6. The van der Waals surface area contributed by atoms with Crippen molar-refractivity contribution in [3.05, 3.63) is 34.4 Å². The van der Waals surface area contributed by atoms with Gasteiger partial charge in [0, 0.05) is 50.5 Å². The fourth-order valence-corrected chi connectivity index (χ4v) is 3.44. The zero-order valence-electron chi connectivity index (χ0n) is 16.7. The van der Waals surface area contributed by atoms with Gasteiger partial charge in [0.15, 0.2) is 0 Å². The van der Waals surface area contributed by atoms with Crippen molar-refractivity contribution < 1.29 is 24.1 Å². The van der Waals surface area contributed by atoms with E-state index < -0.39 is 35.2 Å². The number of piperazine rings is 1. The number of rotatable bonds is 7.